The van der Waals surface area contributed by atoms with Gasteiger partial charge in [0, 0.05) is 24.4 Å². The highest BCUT2D eigenvalue weighted by Crippen LogP contribution is 2.29. The fraction of sp³-hybridized carbons (Fsp3) is 0.263. The molecule has 1 aliphatic heterocycles. The van der Waals surface area contributed by atoms with Crippen molar-refractivity contribution in [3.8, 4) is 0 Å². The molecule has 116 valence electrons. The molecule has 4 heteroatoms. The Bertz CT molecular complexity index is 853. The number of carbonyl (C=O) groups excluding carboxylic acids is 1. The van der Waals surface area contributed by atoms with Gasteiger partial charge in [0.05, 0.1) is 11.7 Å². The zero-order chi connectivity index (χ0) is 15.8. The summed E-state index contributed by atoms with van der Waals surface area (Å²) in [5, 5.41) is 8.31. The molecular formula is C19H19N3O. The van der Waals surface area contributed by atoms with Crippen molar-refractivity contribution in [2.45, 2.75) is 26.4 Å². The zero-order valence-electron chi connectivity index (χ0n) is 13.1. The van der Waals surface area contributed by atoms with Gasteiger partial charge >= 0.3 is 0 Å². The molecule has 3 aromatic rings. The first-order chi connectivity index (χ1) is 11.2. The number of nitrogens with one attached hydrogen (secondary N) is 1. The van der Waals surface area contributed by atoms with E-state index >= 15 is 0 Å². The maximum atomic E-state index is 12.8. The van der Waals surface area contributed by atoms with Crippen LogP contribution in [0.3, 0.4) is 0 Å². The van der Waals surface area contributed by atoms with E-state index in [0.717, 1.165) is 22.9 Å². The molecule has 0 spiro atoms. The number of aromatic nitrogens is 2. The minimum absolute atomic E-state index is 0.00399. The van der Waals surface area contributed by atoms with Crippen LogP contribution in [0.1, 0.15) is 23.6 Å². The molecule has 4 nitrogen and oxygen atoms in total. The number of carbonyl (C=O) groups is 1. The highest BCUT2D eigenvalue weighted by Gasteiger charge is 2.27. The van der Waals surface area contributed by atoms with Crippen LogP contribution < -0.4 is 0 Å². The van der Waals surface area contributed by atoms with Gasteiger partial charge in [0.15, 0.2) is 0 Å². The molecule has 0 saturated heterocycles. The topological polar surface area (TPSA) is 49.0 Å². The molecule has 1 amide bonds. The van der Waals surface area contributed by atoms with Gasteiger partial charge in [0.25, 0.3) is 0 Å². The second-order valence-electron chi connectivity index (χ2n) is 6.32. The Morgan fingerprint density at radius 3 is 2.87 bits per heavy atom. The van der Waals surface area contributed by atoms with E-state index in [-0.39, 0.29) is 11.8 Å². The van der Waals surface area contributed by atoms with Crippen LogP contribution in [0.5, 0.6) is 0 Å². The van der Waals surface area contributed by atoms with Crippen molar-refractivity contribution in [3.63, 3.8) is 0 Å². The second-order valence-corrected chi connectivity index (χ2v) is 6.32. The molecule has 1 aromatic heterocycles. The lowest BCUT2D eigenvalue weighted by Crippen LogP contribution is -2.33. The molecule has 4 rings (SSSR count). The number of fused-ring (bicyclic) bond motifs is 3. The van der Waals surface area contributed by atoms with Gasteiger partial charge in [-0.1, -0.05) is 43.3 Å². The van der Waals surface area contributed by atoms with Crippen LogP contribution in [-0.2, 0) is 24.3 Å². The van der Waals surface area contributed by atoms with Gasteiger partial charge in [0.1, 0.15) is 0 Å². The van der Waals surface area contributed by atoms with E-state index in [9.17, 15) is 4.79 Å². The van der Waals surface area contributed by atoms with Gasteiger partial charge in [-0.3, -0.25) is 9.89 Å². The lowest BCUT2D eigenvalue weighted by atomic mass is 9.96. The first kappa shape index (κ1) is 14.0. The predicted octanol–water partition coefficient (Wildman–Crippen LogP) is 3.28. The molecule has 1 aliphatic rings. The van der Waals surface area contributed by atoms with Crippen LogP contribution in [-0.4, -0.2) is 21.0 Å². The minimum atomic E-state index is 0.00399. The minimum Gasteiger partial charge on any atom is -0.334 e. The normalized spacial score (nSPS) is 18.0. The molecule has 0 radical (unpaired) electrons. The fourth-order valence-electron chi connectivity index (χ4n) is 3.43. The summed E-state index contributed by atoms with van der Waals surface area (Å²) in [4.78, 5) is 14.8. The van der Waals surface area contributed by atoms with E-state index in [1.165, 1.54) is 11.1 Å². The zero-order valence-corrected chi connectivity index (χ0v) is 13.1. The molecule has 1 atom stereocenters. The van der Waals surface area contributed by atoms with Crippen LogP contribution in [0.25, 0.3) is 10.9 Å². The van der Waals surface area contributed by atoms with Crippen molar-refractivity contribution in [3.05, 3.63) is 65.4 Å². The van der Waals surface area contributed by atoms with E-state index in [0.29, 0.717) is 13.1 Å². The third-order valence-electron chi connectivity index (χ3n) is 4.66. The Morgan fingerprint density at radius 1 is 1.22 bits per heavy atom. The fourth-order valence-corrected chi connectivity index (χ4v) is 3.43. The quantitative estimate of drug-likeness (QED) is 0.790. The molecule has 0 aliphatic carbocycles. The van der Waals surface area contributed by atoms with Gasteiger partial charge in [-0.15, -0.1) is 0 Å². The molecule has 0 bridgehead atoms. The molecule has 1 N–H and O–H groups in total. The van der Waals surface area contributed by atoms with Crippen LogP contribution >= 0.6 is 0 Å². The van der Waals surface area contributed by atoms with Crippen LogP contribution in [0.2, 0.25) is 0 Å². The molecule has 2 aromatic carbocycles. The molecule has 0 fully saturated rings. The van der Waals surface area contributed by atoms with Crippen molar-refractivity contribution in [2.24, 2.45) is 5.92 Å². The van der Waals surface area contributed by atoms with Crippen molar-refractivity contribution < 1.29 is 4.79 Å². The monoisotopic (exact) mass is 305 g/mol. The van der Waals surface area contributed by atoms with Gasteiger partial charge in [0.2, 0.25) is 5.91 Å². The summed E-state index contributed by atoms with van der Waals surface area (Å²) in [7, 11) is 0. The summed E-state index contributed by atoms with van der Waals surface area (Å²) in [5.74, 6) is 0.228. The standard InChI is InChI=1S/C19H19N3O/c1-13-9-15-7-8-18-16(10-20-21-18)17(15)12-22(19(13)23)11-14-5-3-2-4-6-14/h2-8,10,13H,9,11-12H2,1H3,(H,20,21)/t13-/m1/s1. The van der Waals surface area contributed by atoms with Gasteiger partial charge < -0.3 is 4.90 Å². The summed E-state index contributed by atoms with van der Waals surface area (Å²) in [6, 6.07) is 14.4. The number of rotatable bonds is 2. The van der Waals surface area contributed by atoms with Crippen molar-refractivity contribution in [1.29, 1.82) is 0 Å². The number of aromatic amines is 1. The van der Waals surface area contributed by atoms with Crippen LogP contribution in [0, 0.1) is 5.92 Å². The van der Waals surface area contributed by atoms with Crippen molar-refractivity contribution >= 4 is 16.8 Å². The summed E-state index contributed by atoms with van der Waals surface area (Å²) in [6.07, 6.45) is 2.66. The maximum Gasteiger partial charge on any atom is 0.226 e. The first-order valence-electron chi connectivity index (χ1n) is 7.99. The predicted molar refractivity (Wildman–Crippen MR) is 89.7 cm³/mol. The Hall–Kier alpha value is -2.62. The molecule has 2 heterocycles. The number of nitrogens with zero attached hydrogens (tertiary/aromatic N) is 2. The van der Waals surface area contributed by atoms with E-state index in [2.05, 4.69) is 34.5 Å². The van der Waals surface area contributed by atoms with E-state index in [1.807, 2.05) is 36.2 Å². The smallest absolute Gasteiger partial charge is 0.226 e. The first-order valence-corrected chi connectivity index (χ1v) is 7.99. The van der Waals surface area contributed by atoms with Crippen LogP contribution in [0.15, 0.2) is 48.7 Å². The van der Waals surface area contributed by atoms with Gasteiger partial charge in [-0.2, -0.15) is 5.10 Å². The third-order valence-corrected chi connectivity index (χ3v) is 4.66. The summed E-state index contributed by atoms with van der Waals surface area (Å²) >= 11 is 0. The summed E-state index contributed by atoms with van der Waals surface area (Å²) in [6.45, 7) is 3.32. The third kappa shape index (κ3) is 2.50. The van der Waals surface area contributed by atoms with E-state index < -0.39 is 0 Å². The average molecular weight is 305 g/mol. The Morgan fingerprint density at radius 2 is 2.04 bits per heavy atom. The highest BCUT2D eigenvalue weighted by atomic mass is 16.2. The molecule has 0 saturated carbocycles. The Labute approximate surface area is 135 Å². The molecular weight excluding hydrogens is 286 g/mol. The summed E-state index contributed by atoms with van der Waals surface area (Å²) < 4.78 is 0. The number of hydrogen-bond acceptors (Lipinski definition) is 2. The lowest BCUT2D eigenvalue weighted by molar-refractivity contribution is -0.135. The SMILES string of the molecule is C[C@@H]1Cc2ccc3[nH]ncc3c2CN(Cc2ccccc2)C1=O. The number of hydrogen-bond donors (Lipinski definition) is 1. The van der Waals surface area contributed by atoms with Gasteiger partial charge in [-0.25, -0.2) is 0 Å². The van der Waals surface area contributed by atoms with Crippen molar-refractivity contribution in [1.82, 2.24) is 15.1 Å². The Kier molecular flexibility index (Phi) is 3.37. The number of amides is 1. The van der Waals surface area contributed by atoms with E-state index in [1.54, 1.807) is 0 Å². The highest BCUT2D eigenvalue weighted by molar-refractivity contribution is 5.86. The van der Waals surface area contributed by atoms with E-state index in [4.69, 9.17) is 0 Å². The van der Waals surface area contributed by atoms with Gasteiger partial charge in [-0.05, 0) is 29.2 Å². The number of benzene rings is 2. The average Bonchev–Trinajstić information content (AvgIpc) is 3.01. The largest absolute Gasteiger partial charge is 0.334 e. The Balaban J connectivity index is 1.75. The van der Waals surface area contributed by atoms with Crippen molar-refractivity contribution in [2.75, 3.05) is 0 Å². The maximum absolute atomic E-state index is 12.8. The molecule has 23 heavy (non-hydrogen) atoms. The second kappa shape index (κ2) is 5.54. The summed E-state index contributed by atoms with van der Waals surface area (Å²) in [5.41, 5.74) is 4.68. The van der Waals surface area contributed by atoms with Crippen LogP contribution in [0.4, 0.5) is 0 Å². The lowest BCUT2D eigenvalue weighted by Gasteiger charge is -2.23. The molecule has 0 unspecified atom stereocenters. The number of H-pyrrole nitrogens is 1.